The Hall–Kier alpha value is -2.36. The van der Waals surface area contributed by atoms with Crippen LogP contribution in [0.5, 0.6) is 11.5 Å². The van der Waals surface area contributed by atoms with Crippen molar-refractivity contribution in [2.75, 3.05) is 17.4 Å². The molecule has 22 heavy (non-hydrogen) atoms. The molecule has 0 saturated carbocycles. The number of hydrogen-bond donors (Lipinski definition) is 2. The molecule has 4 rings (SSSR count). The summed E-state index contributed by atoms with van der Waals surface area (Å²) in [6.07, 6.45) is 0.0584. The number of benzene rings is 2. The Bertz CT molecular complexity index is 746. The van der Waals surface area contributed by atoms with Crippen molar-refractivity contribution in [3.63, 3.8) is 0 Å². The second kappa shape index (κ2) is 4.57. The van der Waals surface area contributed by atoms with Crippen molar-refractivity contribution in [2.24, 2.45) is 0 Å². The summed E-state index contributed by atoms with van der Waals surface area (Å²) in [5.74, 6) is 1.64. The van der Waals surface area contributed by atoms with Crippen LogP contribution < -0.4 is 20.1 Å². The van der Waals surface area contributed by atoms with Gasteiger partial charge in [0.05, 0.1) is 11.4 Å². The summed E-state index contributed by atoms with van der Waals surface area (Å²) in [6.45, 7) is 9.04. The minimum Gasteiger partial charge on any atom is -0.454 e. The molecule has 0 atom stereocenters. The molecule has 2 aromatic rings. The lowest BCUT2D eigenvalue weighted by molar-refractivity contribution is 0.174. The zero-order chi connectivity index (χ0) is 15.4. The van der Waals surface area contributed by atoms with Gasteiger partial charge in [-0.1, -0.05) is 6.07 Å². The molecule has 2 aliphatic heterocycles. The first-order valence-electron chi connectivity index (χ1n) is 7.59. The van der Waals surface area contributed by atoms with Crippen LogP contribution in [0.25, 0.3) is 0 Å². The second-order valence-corrected chi connectivity index (χ2v) is 6.08. The summed E-state index contributed by atoms with van der Waals surface area (Å²) < 4.78 is 10.9. The van der Waals surface area contributed by atoms with Gasteiger partial charge in [-0.2, -0.15) is 0 Å². The monoisotopic (exact) mass is 296 g/mol. The van der Waals surface area contributed by atoms with Crippen molar-refractivity contribution in [1.82, 2.24) is 0 Å². The minimum atomic E-state index is 0.0584. The number of rotatable bonds is 1. The van der Waals surface area contributed by atoms with E-state index < -0.39 is 0 Å². The molecule has 0 radical (unpaired) electrons. The smallest absolute Gasteiger partial charge is 0.231 e. The first-order chi connectivity index (χ1) is 10.6. The summed E-state index contributed by atoms with van der Waals surface area (Å²) in [6, 6.07) is 6.10. The Balaban J connectivity index is 1.73. The van der Waals surface area contributed by atoms with E-state index in [2.05, 4.69) is 44.4 Å². The molecule has 0 aromatic heterocycles. The summed E-state index contributed by atoms with van der Waals surface area (Å²) in [7, 11) is 0. The van der Waals surface area contributed by atoms with E-state index in [1.54, 1.807) is 0 Å². The third-order valence-electron chi connectivity index (χ3n) is 4.99. The quantitative estimate of drug-likeness (QED) is 0.828. The largest absolute Gasteiger partial charge is 0.454 e. The van der Waals surface area contributed by atoms with E-state index in [1.165, 1.54) is 33.6 Å². The van der Waals surface area contributed by atoms with Gasteiger partial charge in [0.1, 0.15) is 6.17 Å². The van der Waals surface area contributed by atoms with Crippen LogP contribution in [0.1, 0.15) is 34.0 Å². The predicted molar refractivity (Wildman–Crippen MR) is 87.9 cm³/mol. The van der Waals surface area contributed by atoms with Crippen molar-refractivity contribution < 1.29 is 9.47 Å². The fraction of sp³-hybridized carbons (Fsp3) is 0.333. The molecular formula is C18H20N2O2. The summed E-state index contributed by atoms with van der Waals surface area (Å²) in [5.41, 5.74) is 8.91. The van der Waals surface area contributed by atoms with Crippen LogP contribution in [0.2, 0.25) is 0 Å². The highest BCUT2D eigenvalue weighted by molar-refractivity contribution is 5.83. The van der Waals surface area contributed by atoms with Crippen LogP contribution in [0, 0.1) is 27.7 Å². The fourth-order valence-corrected chi connectivity index (χ4v) is 3.26. The lowest BCUT2D eigenvalue weighted by Crippen LogP contribution is -2.12. The molecule has 0 aliphatic carbocycles. The normalized spacial score (nSPS) is 15.5. The zero-order valence-corrected chi connectivity index (χ0v) is 13.3. The Morgan fingerprint density at radius 1 is 0.818 bits per heavy atom. The molecule has 0 unspecified atom stereocenters. The van der Waals surface area contributed by atoms with Crippen molar-refractivity contribution in [2.45, 2.75) is 33.9 Å². The zero-order valence-electron chi connectivity index (χ0n) is 13.3. The maximum absolute atomic E-state index is 5.48. The Morgan fingerprint density at radius 2 is 1.41 bits per heavy atom. The maximum Gasteiger partial charge on any atom is 0.231 e. The van der Waals surface area contributed by atoms with Crippen molar-refractivity contribution in [3.8, 4) is 11.5 Å². The van der Waals surface area contributed by atoms with Crippen LogP contribution in [0.4, 0.5) is 11.4 Å². The van der Waals surface area contributed by atoms with Crippen molar-refractivity contribution in [1.29, 1.82) is 0 Å². The molecule has 2 N–H and O–H groups in total. The van der Waals surface area contributed by atoms with Crippen LogP contribution in [0.15, 0.2) is 18.2 Å². The molecular weight excluding hydrogens is 276 g/mol. The number of ether oxygens (including phenoxy) is 2. The summed E-state index contributed by atoms with van der Waals surface area (Å²) in [5, 5.41) is 7.22. The predicted octanol–water partition coefficient (Wildman–Crippen LogP) is 4.19. The van der Waals surface area contributed by atoms with E-state index in [9.17, 15) is 0 Å². The molecule has 4 heteroatoms. The van der Waals surface area contributed by atoms with E-state index in [0.717, 1.165) is 17.1 Å². The first-order valence-corrected chi connectivity index (χ1v) is 7.59. The number of nitrogens with one attached hydrogen (secondary N) is 2. The SMILES string of the molecule is Cc1c(C)c(C)c2c(c1C)NC(c1ccc3c(c1)OCO3)N2. The van der Waals surface area contributed by atoms with E-state index >= 15 is 0 Å². The molecule has 2 aromatic carbocycles. The van der Waals surface area contributed by atoms with Gasteiger partial charge in [-0.3, -0.25) is 0 Å². The highest BCUT2D eigenvalue weighted by Crippen LogP contribution is 2.44. The number of hydrogen-bond acceptors (Lipinski definition) is 4. The topological polar surface area (TPSA) is 42.5 Å². The average Bonchev–Trinajstić information content (AvgIpc) is 3.16. The second-order valence-electron chi connectivity index (χ2n) is 6.08. The van der Waals surface area contributed by atoms with Crippen LogP contribution in [0.3, 0.4) is 0 Å². The molecule has 2 heterocycles. The standard InChI is InChI=1S/C18H20N2O2/c1-9-10(2)12(4)17-16(11(9)3)19-18(20-17)13-5-6-14-15(7-13)22-8-21-14/h5-7,18-20H,8H2,1-4H3. The van der Waals surface area contributed by atoms with Gasteiger partial charge < -0.3 is 20.1 Å². The van der Waals surface area contributed by atoms with E-state index in [0.29, 0.717) is 6.79 Å². The van der Waals surface area contributed by atoms with Gasteiger partial charge in [-0.05, 0) is 67.6 Å². The Labute approximate surface area is 130 Å². The Kier molecular flexibility index (Phi) is 2.76. The van der Waals surface area contributed by atoms with Gasteiger partial charge in [0.25, 0.3) is 0 Å². The molecule has 0 saturated heterocycles. The highest BCUT2D eigenvalue weighted by atomic mass is 16.7. The molecule has 0 bridgehead atoms. The van der Waals surface area contributed by atoms with Crippen LogP contribution in [-0.2, 0) is 0 Å². The molecule has 0 amide bonds. The van der Waals surface area contributed by atoms with Gasteiger partial charge in [0.2, 0.25) is 6.79 Å². The van der Waals surface area contributed by atoms with Crippen molar-refractivity contribution in [3.05, 3.63) is 46.0 Å². The average molecular weight is 296 g/mol. The van der Waals surface area contributed by atoms with E-state index in [-0.39, 0.29) is 6.17 Å². The Morgan fingerprint density at radius 3 is 2.05 bits per heavy atom. The van der Waals surface area contributed by atoms with Crippen LogP contribution in [-0.4, -0.2) is 6.79 Å². The molecule has 0 spiro atoms. The third-order valence-corrected chi connectivity index (χ3v) is 4.99. The van der Waals surface area contributed by atoms with Gasteiger partial charge in [0, 0.05) is 0 Å². The molecule has 114 valence electrons. The first kappa shape index (κ1) is 13.3. The summed E-state index contributed by atoms with van der Waals surface area (Å²) in [4.78, 5) is 0. The molecule has 0 fully saturated rings. The third kappa shape index (κ3) is 1.76. The van der Waals surface area contributed by atoms with Crippen LogP contribution >= 0.6 is 0 Å². The highest BCUT2D eigenvalue weighted by Gasteiger charge is 2.27. The van der Waals surface area contributed by atoms with Gasteiger partial charge in [0.15, 0.2) is 11.5 Å². The number of anilines is 2. The molecule has 4 nitrogen and oxygen atoms in total. The van der Waals surface area contributed by atoms with E-state index in [4.69, 9.17) is 9.47 Å². The fourth-order valence-electron chi connectivity index (χ4n) is 3.26. The number of fused-ring (bicyclic) bond motifs is 2. The minimum absolute atomic E-state index is 0.0584. The van der Waals surface area contributed by atoms with E-state index in [1.807, 2.05) is 12.1 Å². The van der Waals surface area contributed by atoms with Gasteiger partial charge in [-0.25, -0.2) is 0 Å². The summed E-state index contributed by atoms with van der Waals surface area (Å²) >= 11 is 0. The molecule has 2 aliphatic rings. The lowest BCUT2D eigenvalue weighted by Gasteiger charge is -2.14. The van der Waals surface area contributed by atoms with Gasteiger partial charge in [-0.15, -0.1) is 0 Å². The maximum atomic E-state index is 5.48. The lowest BCUT2D eigenvalue weighted by atomic mass is 9.96. The van der Waals surface area contributed by atoms with Crippen molar-refractivity contribution >= 4 is 11.4 Å². The van der Waals surface area contributed by atoms with Gasteiger partial charge >= 0.3 is 0 Å².